The molecule has 1 N–H and O–H groups in total. The van der Waals surface area contributed by atoms with Crippen LogP contribution in [0.3, 0.4) is 0 Å². The Morgan fingerprint density at radius 3 is 2.40 bits per heavy atom. The topological polar surface area (TPSA) is 20.2 Å². The van der Waals surface area contributed by atoms with Crippen LogP contribution in [-0.4, -0.2) is 10.7 Å². The zero-order chi connectivity index (χ0) is 11.7. The highest BCUT2D eigenvalue weighted by molar-refractivity contribution is 5.11. The fraction of sp³-hybridized carbons (Fsp3) is 0.857. The fourth-order valence-corrected chi connectivity index (χ4v) is 1.74. The standard InChI is InChI=1S/C14H26O/c1-5-6-7-8-9-10-11-14(4,15)12-13(2)3/h13,15H,5-9,12H2,1-4H3. The molecule has 0 aliphatic rings. The van der Waals surface area contributed by atoms with E-state index in [1.165, 1.54) is 25.7 Å². The third kappa shape index (κ3) is 9.82. The maximum absolute atomic E-state index is 9.91. The van der Waals surface area contributed by atoms with Crippen molar-refractivity contribution in [2.24, 2.45) is 5.92 Å². The Morgan fingerprint density at radius 2 is 1.87 bits per heavy atom. The van der Waals surface area contributed by atoms with Crippen molar-refractivity contribution in [3.8, 4) is 11.8 Å². The highest BCUT2D eigenvalue weighted by Crippen LogP contribution is 2.15. The Bertz CT molecular complexity index is 205. The van der Waals surface area contributed by atoms with Gasteiger partial charge in [-0.1, -0.05) is 46.0 Å². The van der Waals surface area contributed by atoms with Crippen LogP contribution < -0.4 is 0 Å². The van der Waals surface area contributed by atoms with Crippen molar-refractivity contribution in [1.82, 2.24) is 0 Å². The van der Waals surface area contributed by atoms with Gasteiger partial charge >= 0.3 is 0 Å². The second-order valence-corrected chi connectivity index (χ2v) is 4.98. The predicted molar refractivity (Wildman–Crippen MR) is 66.6 cm³/mol. The van der Waals surface area contributed by atoms with Gasteiger partial charge < -0.3 is 5.11 Å². The summed E-state index contributed by atoms with van der Waals surface area (Å²) in [5.41, 5.74) is -0.793. The summed E-state index contributed by atoms with van der Waals surface area (Å²) >= 11 is 0. The van der Waals surface area contributed by atoms with Crippen LogP contribution in [0.5, 0.6) is 0 Å². The zero-order valence-corrected chi connectivity index (χ0v) is 10.8. The van der Waals surface area contributed by atoms with E-state index in [-0.39, 0.29) is 0 Å². The summed E-state index contributed by atoms with van der Waals surface area (Å²) < 4.78 is 0. The average molecular weight is 210 g/mol. The molecule has 15 heavy (non-hydrogen) atoms. The molecule has 0 fully saturated rings. The first kappa shape index (κ1) is 14.5. The first-order valence-corrected chi connectivity index (χ1v) is 6.20. The van der Waals surface area contributed by atoms with Crippen LogP contribution in [-0.2, 0) is 0 Å². The molecule has 0 radical (unpaired) electrons. The van der Waals surface area contributed by atoms with Gasteiger partial charge in [-0.25, -0.2) is 0 Å². The van der Waals surface area contributed by atoms with Gasteiger partial charge in [-0.3, -0.25) is 0 Å². The Balaban J connectivity index is 3.73. The Morgan fingerprint density at radius 1 is 1.20 bits per heavy atom. The van der Waals surface area contributed by atoms with E-state index in [2.05, 4.69) is 32.6 Å². The van der Waals surface area contributed by atoms with Crippen LogP contribution in [0.2, 0.25) is 0 Å². The molecule has 0 bridgehead atoms. The summed E-state index contributed by atoms with van der Waals surface area (Å²) in [5, 5.41) is 9.91. The molecule has 0 aromatic heterocycles. The van der Waals surface area contributed by atoms with Crippen LogP contribution in [0.15, 0.2) is 0 Å². The number of aliphatic hydroxyl groups is 1. The van der Waals surface area contributed by atoms with Crippen LogP contribution in [0.1, 0.15) is 66.2 Å². The minimum Gasteiger partial charge on any atom is -0.378 e. The van der Waals surface area contributed by atoms with Gasteiger partial charge in [0.15, 0.2) is 0 Å². The van der Waals surface area contributed by atoms with Crippen LogP contribution >= 0.6 is 0 Å². The Hall–Kier alpha value is -0.480. The highest BCUT2D eigenvalue weighted by atomic mass is 16.3. The van der Waals surface area contributed by atoms with E-state index in [0.29, 0.717) is 5.92 Å². The van der Waals surface area contributed by atoms with E-state index in [1.54, 1.807) is 0 Å². The lowest BCUT2D eigenvalue weighted by molar-refractivity contribution is 0.0975. The number of rotatable bonds is 6. The van der Waals surface area contributed by atoms with Crippen molar-refractivity contribution in [2.75, 3.05) is 0 Å². The van der Waals surface area contributed by atoms with Gasteiger partial charge in [0.05, 0.1) is 0 Å². The van der Waals surface area contributed by atoms with E-state index in [0.717, 1.165) is 12.8 Å². The van der Waals surface area contributed by atoms with Gasteiger partial charge in [-0.2, -0.15) is 0 Å². The summed E-state index contributed by atoms with van der Waals surface area (Å²) in [6.45, 7) is 8.24. The largest absolute Gasteiger partial charge is 0.378 e. The van der Waals surface area contributed by atoms with Gasteiger partial charge in [0.1, 0.15) is 5.60 Å². The second-order valence-electron chi connectivity index (χ2n) is 4.98. The van der Waals surface area contributed by atoms with E-state index in [4.69, 9.17) is 0 Å². The second kappa shape index (κ2) is 7.77. The highest BCUT2D eigenvalue weighted by Gasteiger charge is 2.17. The molecular weight excluding hydrogens is 184 g/mol. The smallest absolute Gasteiger partial charge is 0.122 e. The molecule has 0 saturated heterocycles. The maximum atomic E-state index is 9.91. The molecule has 0 aliphatic carbocycles. The van der Waals surface area contributed by atoms with Crippen LogP contribution in [0.4, 0.5) is 0 Å². The SMILES string of the molecule is CCCCCCC#CC(C)(O)CC(C)C. The molecule has 0 aromatic rings. The quantitative estimate of drug-likeness (QED) is 0.523. The molecule has 0 heterocycles. The van der Waals surface area contributed by atoms with Gasteiger partial charge in [0, 0.05) is 6.42 Å². The third-order valence-electron chi connectivity index (χ3n) is 2.32. The lowest BCUT2D eigenvalue weighted by Crippen LogP contribution is -2.23. The summed E-state index contributed by atoms with van der Waals surface area (Å²) in [6.07, 6.45) is 6.67. The van der Waals surface area contributed by atoms with Gasteiger partial charge in [-0.05, 0) is 25.7 Å². The summed E-state index contributed by atoms with van der Waals surface area (Å²) in [7, 11) is 0. The minimum absolute atomic E-state index is 0.495. The normalized spacial score (nSPS) is 14.5. The fourth-order valence-electron chi connectivity index (χ4n) is 1.74. The molecule has 0 amide bonds. The Kier molecular flexibility index (Phi) is 7.52. The monoisotopic (exact) mass is 210 g/mol. The minimum atomic E-state index is -0.793. The molecule has 88 valence electrons. The van der Waals surface area contributed by atoms with Crippen molar-refractivity contribution in [3.05, 3.63) is 0 Å². The molecule has 1 nitrogen and oxygen atoms in total. The summed E-state index contributed by atoms with van der Waals surface area (Å²) in [4.78, 5) is 0. The van der Waals surface area contributed by atoms with Crippen molar-refractivity contribution in [3.63, 3.8) is 0 Å². The van der Waals surface area contributed by atoms with Gasteiger partial charge in [0.25, 0.3) is 0 Å². The van der Waals surface area contributed by atoms with E-state index >= 15 is 0 Å². The molecular formula is C14H26O. The number of hydrogen-bond acceptors (Lipinski definition) is 1. The molecule has 1 heteroatoms. The first-order chi connectivity index (χ1) is 6.98. The third-order valence-corrected chi connectivity index (χ3v) is 2.32. The lowest BCUT2D eigenvalue weighted by Gasteiger charge is -2.18. The molecule has 0 rings (SSSR count). The zero-order valence-electron chi connectivity index (χ0n) is 10.8. The van der Waals surface area contributed by atoms with Gasteiger partial charge in [0.2, 0.25) is 0 Å². The molecule has 0 saturated carbocycles. The molecule has 0 aliphatic heterocycles. The number of unbranched alkanes of at least 4 members (excludes halogenated alkanes) is 4. The lowest BCUT2D eigenvalue weighted by atomic mass is 9.95. The first-order valence-electron chi connectivity index (χ1n) is 6.20. The average Bonchev–Trinajstić information content (AvgIpc) is 2.08. The molecule has 1 unspecified atom stereocenters. The molecule has 1 atom stereocenters. The summed E-state index contributed by atoms with van der Waals surface area (Å²) in [5.74, 6) is 6.56. The van der Waals surface area contributed by atoms with Crippen molar-refractivity contribution in [1.29, 1.82) is 0 Å². The Labute approximate surface area is 95.3 Å². The van der Waals surface area contributed by atoms with Crippen LogP contribution in [0.25, 0.3) is 0 Å². The van der Waals surface area contributed by atoms with Crippen molar-refractivity contribution >= 4 is 0 Å². The molecule has 0 spiro atoms. The van der Waals surface area contributed by atoms with Crippen LogP contribution in [0, 0.1) is 17.8 Å². The maximum Gasteiger partial charge on any atom is 0.122 e. The van der Waals surface area contributed by atoms with E-state index < -0.39 is 5.60 Å². The molecule has 0 aromatic carbocycles. The predicted octanol–water partition coefficient (Wildman–Crippen LogP) is 3.76. The summed E-state index contributed by atoms with van der Waals surface area (Å²) in [6, 6.07) is 0. The van der Waals surface area contributed by atoms with E-state index in [1.807, 2.05) is 6.92 Å². The van der Waals surface area contributed by atoms with Crippen molar-refractivity contribution in [2.45, 2.75) is 71.8 Å². The van der Waals surface area contributed by atoms with Gasteiger partial charge in [-0.15, -0.1) is 5.92 Å². The van der Waals surface area contributed by atoms with Crippen molar-refractivity contribution < 1.29 is 5.11 Å². The van der Waals surface area contributed by atoms with E-state index in [9.17, 15) is 5.11 Å². The number of hydrogen-bond donors (Lipinski definition) is 1.